The van der Waals surface area contributed by atoms with Gasteiger partial charge in [-0.2, -0.15) is 0 Å². The van der Waals surface area contributed by atoms with Crippen LogP contribution in [-0.2, 0) is 4.74 Å². The van der Waals surface area contributed by atoms with Crippen molar-refractivity contribution in [1.82, 2.24) is 15.5 Å². The normalized spacial score (nSPS) is 23.0. The van der Waals surface area contributed by atoms with Crippen molar-refractivity contribution in [3.8, 4) is 0 Å². The molecule has 1 aliphatic rings. The third-order valence-corrected chi connectivity index (χ3v) is 3.90. The lowest BCUT2D eigenvalue weighted by Crippen LogP contribution is -2.40. The Balaban J connectivity index is 1.94. The number of nitrogens with zero attached hydrogens (tertiary/aromatic N) is 2. The number of aromatic nitrogens is 2. The fraction of sp³-hybridized carbons (Fsp3) is 0.727. The van der Waals surface area contributed by atoms with Gasteiger partial charge in [0.25, 0.3) is 5.91 Å². The van der Waals surface area contributed by atoms with Gasteiger partial charge in [0, 0.05) is 13.7 Å². The van der Waals surface area contributed by atoms with Crippen LogP contribution in [0.4, 0.5) is 5.13 Å². The molecule has 18 heavy (non-hydrogen) atoms. The van der Waals surface area contributed by atoms with E-state index in [1.54, 1.807) is 7.11 Å². The number of anilines is 1. The van der Waals surface area contributed by atoms with Crippen molar-refractivity contribution in [1.29, 1.82) is 0 Å². The summed E-state index contributed by atoms with van der Waals surface area (Å²) < 4.78 is 5.34. The second-order valence-corrected chi connectivity index (χ2v) is 5.21. The minimum Gasteiger partial charge on any atom is -0.379 e. The summed E-state index contributed by atoms with van der Waals surface area (Å²) in [6, 6.07) is 0.0917. The highest BCUT2D eigenvalue weighted by Crippen LogP contribution is 2.22. The molecule has 1 aromatic heterocycles. The van der Waals surface area contributed by atoms with Crippen LogP contribution in [0.2, 0.25) is 0 Å². The first-order valence-electron chi connectivity index (χ1n) is 6.15. The molecule has 2 rings (SSSR count). The lowest BCUT2D eigenvalue weighted by Gasteiger charge is -2.18. The van der Waals surface area contributed by atoms with Crippen LogP contribution < -0.4 is 10.6 Å². The second kappa shape index (κ2) is 6.10. The molecule has 1 heterocycles. The molecular weight excluding hydrogens is 252 g/mol. The summed E-state index contributed by atoms with van der Waals surface area (Å²) in [6.07, 6.45) is 3.17. The van der Waals surface area contributed by atoms with Gasteiger partial charge in [0.1, 0.15) is 0 Å². The Hall–Kier alpha value is -1.21. The van der Waals surface area contributed by atoms with Crippen LogP contribution in [0.5, 0.6) is 0 Å². The number of rotatable bonds is 5. The minimum atomic E-state index is -0.161. The molecule has 1 amide bonds. The highest BCUT2D eigenvalue weighted by molar-refractivity contribution is 7.17. The van der Waals surface area contributed by atoms with E-state index in [9.17, 15) is 4.79 Å². The van der Waals surface area contributed by atoms with Gasteiger partial charge in [-0.25, -0.2) is 0 Å². The maximum absolute atomic E-state index is 12.0. The van der Waals surface area contributed by atoms with E-state index in [-0.39, 0.29) is 18.1 Å². The largest absolute Gasteiger partial charge is 0.379 e. The fourth-order valence-electron chi connectivity index (χ4n) is 2.14. The van der Waals surface area contributed by atoms with E-state index in [0.717, 1.165) is 25.8 Å². The number of amides is 1. The number of carbonyl (C=O) groups is 1. The van der Waals surface area contributed by atoms with Crippen molar-refractivity contribution in [3.05, 3.63) is 5.01 Å². The molecule has 100 valence electrons. The molecule has 1 saturated carbocycles. The third kappa shape index (κ3) is 2.97. The predicted octanol–water partition coefficient (Wildman–Crippen LogP) is 1.27. The zero-order valence-corrected chi connectivity index (χ0v) is 11.4. The predicted molar refractivity (Wildman–Crippen MR) is 70.0 cm³/mol. The van der Waals surface area contributed by atoms with Gasteiger partial charge in [-0.3, -0.25) is 4.79 Å². The van der Waals surface area contributed by atoms with Gasteiger partial charge in [0.2, 0.25) is 10.1 Å². The van der Waals surface area contributed by atoms with E-state index in [1.165, 1.54) is 11.3 Å². The van der Waals surface area contributed by atoms with Gasteiger partial charge >= 0.3 is 0 Å². The molecular formula is C11H18N4O2S. The molecule has 0 spiro atoms. The first-order chi connectivity index (χ1) is 8.74. The highest BCUT2D eigenvalue weighted by atomic mass is 32.1. The van der Waals surface area contributed by atoms with Crippen LogP contribution in [0.3, 0.4) is 0 Å². The van der Waals surface area contributed by atoms with Crippen LogP contribution in [0.25, 0.3) is 0 Å². The number of hydrogen-bond donors (Lipinski definition) is 2. The number of ether oxygens (including phenoxy) is 1. The summed E-state index contributed by atoms with van der Waals surface area (Å²) in [5.74, 6) is -0.161. The first-order valence-corrected chi connectivity index (χ1v) is 6.97. The fourth-order valence-corrected chi connectivity index (χ4v) is 2.86. The number of hydrogen-bond acceptors (Lipinski definition) is 6. The van der Waals surface area contributed by atoms with E-state index < -0.39 is 0 Å². The molecule has 2 atom stereocenters. The zero-order chi connectivity index (χ0) is 13.0. The summed E-state index contributed by atoms with van der Waals surface area (Å²) in [7, 11) is 1.68. The van der Waals surface area contributed by atoms with Gasteiger partial charge in [-0.05, 0) is 26.2 Å². The van der Waals surface area contributed by atoms with Crippen molar-refractivity contribution in [2.45, 2.75) is 38.3 Å². The standard InChI is InChI=1S/C11H18N4O2S/c1-3-12-11-15-14-10(18-11)9(16)13-7-5-4-6-8(7)17-2/h7-8H,3-6H2,1-2H3,(H,12,15)(H,13,16). The third-order valence-electron chi connectivity index (χ3n) is 3.02. The van der Waals surface area contributed by atoms with Crippen molar-refractivity contribution < 1.29 is 9.53 Å². The maximum atomic E-state index is 12.0. The molecule has 0 bridgehead atoms. The van der Waals surface area contributed by atoms with Crippen molar-refractivity contribution >= 4 is 22.4 Å². The Morgan fingerprint density at radius 1 is 1.50 bits per heavy atom. The molecule has 0 radical (unpaired) electrons. The number of nitrogens with one attached hydrogen (secondary N) is 2. The van der Waals surface area contributed by atoms with Gasteiger partial charge in [-0.15, -0.1) is 10.2 Å². The summed E-state index contributed by atoms with van der Waals surface area (Å²) in [5.41, 5.74) is 0. The molecule has 2 unspecified atom stereocenters. The molecule has 2 N–H and O–H groups in total. The van der Waals surface area contributed by atoms with Gasteiger partial charge in [0.15, 0.2) is 0 Å². The lowest BCUT2D eigenvalue weighted by molar-refractivity contribution is 0.0721. The molecule has 0 aliphatic heterocycles. The van der Waals surface area contributed by atoms with E-state index in [4.69, 9.17) is 4.74 Å². The topological polar surface area (TPSA) is 76.1 Å². The van der Waals surface area contributed by atoms with E-state index >= 15 is 0 Å². The second-order valence-electron chi connectivity index (χ2n) is 4.23. The molecule has 6 nitrogen and oxygen atoms in total. The molecule has 7 heteroatoms. The van der Waals surface area contributed by atoms with Gasteiger partial charge < -0.3 is 15.4 Å². The molecule has 1 fully saturated rings. The van der Waals surface area contributed by atoms with Gasteiger partial charge in [0.05, 0.1) is 12.1 Å². The number of carbonyl (C=O) groups excluding carboxylic acids is 1. The average molecular weight is 270 g/mol. The summed E-state index contributed by atoms with van der Waals surface area (Å²) >= 11 is 1.27. The lowest BCUT2D eigenvalue weighted by atomic mass is 10.2. The van der Waals surface area contributed by atoms with E-state index in [1.807, 2.05) is 6.92 Å². The summed E-state index contributed by atoms with van der Waals surface area (Å²) in [5, 5.41) is 14.9. The summed E-state index contributed by atoms with van der Waals surface area (Å²) in [6.45, 7) is 2.74. The van der Waals surface area contributed by atoms with Crippen LogP contribution in [0.1, 0.15) is 36.0 Å². The van der Waals surface area contributed by atoms with Crippen molar-refractivity contribution in [2.75, 3.05) is 19.0 Å². The zero-order valence-electron chi connectivity index (χ0n) is 10.6. The van der Waals surface area contributed by atoms with Crippen LogP contribution >= 0.6 is 11.3 Å². The Morgan fingerprint density at radius 3 is 3.06 bits per heavy atom. The quantitative estimate of drug-likeness (QED) is 0.842. The Morgan fingerprint density at radius 2 is 2.33 bits per heavy atom. The molecule has 0 saturated heterocycles. The van der Waals surface area contributed by atoms with Gasteiger partial charge in [-0.1, -0.05) is 11.3 Å². The van der Waals surface area contributed by atoms with E-state index in [0.29, 0.717) is 10.1 Å². The molecule has 0 aromatic carbocycles. The Labute approximate surface area is 110 Å². The molecule has 1 aromatic rings. The van der Waals surface area contributed by atoms with Crippen LogP contribution in [0.15, 0.2) is 0 Å². The maximum Gasteiger partial charge on any atom is 0.282 e. The highest BCUT2D eigenvalue weighted by Gasteiger charge is 2.29. The number of methoxy groups -OCH3 is 1. The Kier molecular flexibility index (Phi) is 4.48. The Bertz CT molecular complexity index is 410. The van der Waals surface area contributed by atoms with E-state index in [2.05, 4.69) is 20.8 Å². The minimum absolute atomic E-state index is 0.0917. The van der Waals surface area contributed by atoms with Crippen molar-refractivity contribution in [3.63, 3.8) is 0 Å². The molecule has 1 aliphatic carbocycles. The SMILES string of the molecule is CCNc1nnc(C(=O)NC2CCCC2OC)s1. The average Bonchev–Trinajstić information content (AvgIpc) is 2.98. The van der Waals surface area contributed by atoms with Crippen LogP contribution in [-0.4, -0.2) is 41.9 Å². The van der Waals surface area contributed by atoms with Crippen LogP contribution in [0, 0.1) is 0 Å². The van der Waals surface area contributed by atoms with Crippen molar-refractivity contribution in [2.24, 2.45) is 0 Å². The monoisotopic (exact) mass is 270 g/mol. The first kappa shape index (κ1) is 13.2. The summed E-state index contributed by atoms with van der Waals surface area (Å²) in [4.78, 5) is 12.0. The smallest absolute Gasteiger partial charge is 0.282 e.